The van der Waals surface area contributed by atoms with E-state index in [1.807, 2.05) is 0 Å². The van der Waals surface area contributed by atoms with Crippen LogP contribution in [0, 0.1) is 0 Å². The predicted octanol–water partition coefficient (Wildman–Crippen LogP) is 3.12. The largest absolute Gasteiger partial charge is 0.433 e. The van der Waals surface area contributed by atoms with Crippen LogP contribution in [0.15, 0.2) is 48.5 Å². The SMILES string of the molecule is Nc1cccc(C(=O)Nc2ccccc2OC(F)F)c1. The van der Waals surface area contributed by atoms with Crippen molar-refractivity contribution >= 4 is 17.3 Å². The fourth-order valence-electron chi connectivity index (χ4n) is 1.64. The van der Waals surface area contributed by atoms with Crippen molar-refractivity contribution in [2.75, 3.05) is 11.1 Å². The highest BCUT2D eigenvalue weighted by atomic mass is 19.3. The quantitative estimate of drug-likeness (QED) is 0.844. The van der Waals surface area contributed by atoms with Crippen LogP contribution in [-0.4, -0.2) is 12.5 Å². The number of nitrogen functional groups attached to an aromatic ring is 1. The molecule has 6 heteroatoms. The molecule has 0 atom stereocenters. The maximum atomic E-state index is 12.3. The highest BCUT2D eigenvalue weighted by Crippen LogP contribution is 2.26. The van der Waals surface area contributed by atoms with Gasteiger partial charge in [0.15, 0.2) is 0 Å². The van der Waals surface area contributed by atoms with E-state index in [9.17, 15) is 13.6 Å². The summed E-state index contributed by atoms with van der Waals surface area (Å²) in [5.41, 5.74) is 6.52. The number of hydrogen-bond acceptors (Lipinski definition) is 3. The van der Waals surface area contributed by atoms with E-state index in [-0.39, 0.29) is 11.4 Å². The maximum absolute atomic E-state index is 12.3. The molecule has 2 rings (SSSR count). The second-order valence-corrected chi connectivity index (χ2v) is 3.95. The molecule has 4 nitrogen and oxygen atoms in total. The zero-order valence-electron chi connectivity index (χ0n) is 10.3. The number of amides is 1. The van der Waals surface area contributed by atoms with E-state index in [2.05, 4.69) is 10.1 Å². The number of anilines is 2. The summed E-state index contributed by atoms with van der Waals surface area (Å²) in [7, 11) is 0. The topological polar surface area (TPSA) is 64.4 Å². The molecule has 0 bridgehead atoms. The van der Waals surface area contributed by atoms with E-state index in [0.717, 1.165) is 0 Å². The van der Waals surface area contributed by atoms with Crippen LogP contribution in [0.2, 0.25) is 0 Å². The number of para-hydroxylation sites is 2. The first-order chi connectivity index (χ1) is 9.56. The number of benzene rings is 2. The minimum Gasteiger partial charge on any atom is -0.433 e. The van der Waals surface area contributed by atoms with Crippen molar-refractivity contribution in [1.82, 2.24) is 0 Å². The molecule has 0 aliphatic heterocycles. The van der Waals surface area contributed by atoms with Crippen LogP contribution in [0.3, 0.4) is 0 Å². The van der Waals surface area contributed by atoms with Crippen LogP contribution in [-0.2, 0) is 0 Å². The molecule has 20 heavy (non-hydrogen) atoms. The number of nitrogens with one attached hydrogen (secondary N) is 1. The molecule has 0 saturated heterocycles. The number of carbonyl (C=O) groups excluding carboxylic acids is 1. The first-order valence-electron chi connectivity index (χ1n) is 5.77. The Balaban J connectivity index is 2.19. The molecule has 0 radical (unpaired) electrons. The van der Waals surface area contributed by atoms with Gasteiger partial charge in [0.25, 0.3) is 5.91 Å². The lowest BCUT2D eigenvalue weighted by atomic mass is 10.2. The van der Waals surface area contributed by atoms with Gasteiger partial charge in [-0.25, -0.2) is 0 Å². The third-order valence-electron chi connectivity index (χ3n) is 2.50. The molecular weight excluding hydrogens is 266 g/mol. The van der Waals surface area contributed by atoms with E-state index >= 15 is 0 Å². The standard InChI is InChI=1S/C14H12F2N2O2/c15-14(16)20-12-7-2-1-6-11(12)18-13(19)9-4-3-5-10(17)8-9/h1-8,14H,17H2,(H,18,19). The molecule has 0 spiro atoms. The summed E-state index contributed by atoms with van der Waals surface area (Å²) in [4.78, 5) is 12.0. The van der Waals surface area contributed by atoms with Gasteiger partial charge in [0.05, 0.1) is 5.69 Å². The Morgan fingerprint density at radius 1 is 1.15 bits per heavy atom. The van der Waals surface area contributed by atoms with Crippen LogP contribution < -0.4 is 15.8 Å². The molecule has 2 aromatic carbocycles. The lowest BCUT2D eigenvalue weighted by molar-refractivity contribution is -0.0493. The Morgan fingerprint density at radius 3 is 2.60 bits per heavy atom. The van der Waals surface area contributed by atoms with Crippen molar-refractivity contribution in [1.29, 1.82) is 0 Å². The van der Waals surface area contributed by atoms with Gasteiger partial charge in [-0.3, -0.25) is 4.79 Å². The lowest BCUT2D eigenvalue weighted by Crippen LogP contribution is -2.14. The second kappa shape index (κ2) is 6.01. The average Bonchev–Trinajstić information content (AvgIpc) is 2.40. The number of alkyl halides is 2. The minimum atomic E-state index is -2.96. The van der Waals surface area contributed by atoms with Gasteiger partial charge in [-0.1, -0.05) is 18.2 Å². The van der Waals surface area contributed by atoms with Gasteiger partial charge in [0, 0.05) is 11.3 Å². The summed E-state index contributed by atoms with van der Waals surface area (Å²) >= 11 is 0. The third kappa shape index (κ3) is 3.44. The van der Waals surface area contributed by atoms with Gasteiger partial charge in [0.1, 0.15) is 5.75 Å². The molecule has 0 unspecified atom stereocenters. The van der Waals surface area contributed by atoms with Crippen molar-refractivity contribution in [2.24, 2.45) is 0 Å². The molecule has 0 aromatic heterocycles. The fourth-order valence-corrected chi connectivity index (χ4v) is 1.64. The number of carbonyl (C=O) groups is 1. The Bertz CT molecular complexity index is 618. The number of halogens is 2. The van der Waals surface area contributed by atoms with Gasteiger partial charge in [0.2, 0.25) is 0 Å². The fraction of sp³-hybridized carbons (Fsp3) is 0.0714. The number of ether oxygens (including phenoxy) is 1. The van der Waals surface area contributed by atoms with Gasteiger partial charge < -0.3 is 15.8 Å². The van der Waals surface area contributed by atoms with Crippen molar-refractivity contribution in [3.05, 3.63) is 54.1 Å². The van der Waals surface area contributed by atoms with E-state index in [1.165, 1.54) is 24.3 Å². The lowest BCUT2D eigenvalue weighted by Gasteiger charge is -2.11. The molecule has 3 N–H and O–H groups in total. The van der Waals surface area contributed by atoms with Gasteiger partial charge in [-0.05, 0) is 30.3 Å². The van der Waals surface area contributed by atoms with Crippen LogP contribution in [0.4, 0.5) is 20.2 Å². The van der Waals surface area contributed by atoms with Crippen LogP contribution in [0.25, 0.3) is 0 Å². The summed E-state index contributed by atoms with van der Waals surface area (Å²) in [6.07, 6.45) is 0. The van der Waals surface area contributed by atoms with E-state index in [0.29, 0.717) is 11.3 Å². The van der Waals surface area contributed by atoms with Gasteiger partial charge in [-0.15, -0.1) is 0 Å². The average molecular weight is 278 g/mol. The Hall–Kier alpha value is -2.63. The first-order valence-corrected chi connectivity index (χ1v) is 5.77. The molecule has 0 fully saturated rings. The zero-order chi connectivity index (χ0) is 14.5. The van der Waals surface area contributed by atoms with E-state index in [4.69, 9.17) is 5.73 Å². The van der Waals surface area contributed by atoms with Gasteiger partial charge in [-0.2, -0.15) is 8.78 Å². The van der Waals surface area contributed by atoms with Crippen LogP contribution in [0.5, 0.6) is 5.75 Å². The second-order valence-electron chi connectivity index (χ2n) is 3.95. The molecule has 0 saturated carbocycles. The highest BCUT2D eigenvalue weighted by Gasteiger charge is 2.12. The van der Waals surface area contributed by atoms with Gasteiger partial charge >= 0.3 is 6.61 Å². The number of nitrogens with two attached hydrogens (primary N) is 1. The van der Waals surface area contributed by atoms with Crippen molar-refractivity contribution < 1.29 is 18.3 Å². The summed E-state index contributed by atoms with van der Waals surface area (Å²) in [5, 5.41) is 2.51. The minimum absolute atomic E-state index is 0.0975. The maximum Gasteiger partial charge on any atom is 0.387 e. The smallest absolute Gasteiger partial charge is 0.387 e. The zero-order valence-corrected chi connectivity index (χ0v) is 10.3. The highest BCUT2D eigenvalue weighted by molar-refractivity contribution is 6.05. The predicted molar refractivity (Wildman–Crippen MR) is 71.9 cm³/mol. The summed E-state index contributed by atoms with van der Waals surface area (Å²) in [6.45, 7) is -2.96. The molecule has 0 aliphatic carbocycles. The van der Waals surface area contributed by atoms with E-state index < -0.39 is 12.5 Å². The Morgan fingerprint density at radius 2 is 1.90 bits per heavy atom. The van der Waals surface area contributed by atoms with Crippen LogP contribution >= 0.6 is 0 Å². The van der Waals surface area contributed by atoms with Crippen LogP contribution in [0.1, 0.15) is 10.4 Å². The first kappa shape index (κ1) is 13.8. The summed E-state index contributed by atoms with van der Waals surface area (Å²) in [6, 6.07) is 12.3. The molecule has 104 valence electrons. The van der Waals surface area contributed by atoms with Crippen molar-refractivity contribution in [2.45, 2.75) is 6.61 Å². The molecule has 0 aliphatic rings. The normalized spacial score (nSPS) is 10.3. The molecule has 0 heterocycles. The monoisotopic (exact) mass is 278 g/mol. The molecule has 1 amide bonds. The number of rotatable bonds is 4. The molecular formula is C14H12F2N2O2. The van der Waals surface area contributed by atoms with Crippen molar-refractivity contribution in [3.63, 3.8) is 0 Å². The number of hydrogen-bond donors (Lipinski definition) is 2. The summed E-state index contributed by atoms with van der Waals surface area (Å²) in [5.74, 6) is -0.553. The Labute approximate surface area is 114 Å². The summed E-state index contributed by atoms with van der Waals surface area (Å²) < 4.78 is 28.9. The van der Waals surface area contributed by atoms with E-state index in [1.54, 1.807) is 24.3 Å². The van der Waals surface area contributed by atoms with Crippen molar-refractivity contribution in [3.8, 4) is 5.75 Å². The Kier molecular flexibility index (Phi) is 4.14. The molecule has 2 aromatic rings. The third-order valence-corrected chi connectivity index (χ3v) is 2.50.